The molecule has 3 nitrogen and oxygen atoms in total. The van der Waals surface area contributed by atoms with Crippen molar-refractivity contribution in [1.82, 2.24) is 5.32 Å². The molecule has 2 aliphatic heterocycles. The molecule has 2 aliphatic rings. The van der Waals surface area contributed by atoms with E-state index in [4.69, 9.17) is 0 Å². The number of rotatable bonds is 1. The van der Waals surface area contributed by atoms with Gasteiger partial charge >= 0.3 is 0 Å². The number of amides is 1. The molecule has 0 saturated carbocycles. The highest BCUT2D eigenvalue weighted by Gasteiger charge is 2.29. The summed E-state index contributed by atoms with van der Waals surface area (Å²) in [5.74, 6) is 1.54. The van der Waals surface area contributed by atoms with Gasteiger partial charge in [-0.1, -0.05) is 12.1 Å². The molecule has 0 bridgehead atoms. The molecule has 0 radical (unpaired) electrons. The maximum Gasteiger partial charge on any atom is 0.230 e. The van der Waals surface area contributed by atoms with E-state index in [1.54, 1.807) is 0 Å². The highest BCUT2D eigenvalue weighted by molar-refractivity contribution is 7.99. The zero-order chi connectivity index (χ0) is 12.4. The van der Waals surface area contributed by atoms with Crippen LogP contribution in [0.4, 0.5) is 5.69 Å². The molecule has 1 fully saturated rings. The van der Waals surface area contributed by atoms with Crippen LogP contribution in [0.15, 0.2) is 29.2 Å². The first kappa shape index (κ1) is 12.1. The van der Waals surface area contributed by atoms with E-state index in [-0.39, 0.29) is 5.92 Å². The maximum atomic E-state index is 12.6. The lowest BCUT2D eigenvalue weighted by molar-refractivity contribution is -0.123. The lowest BCUT2D eigenvalue weighted by atomic mass is 9.96. The zero-order valence-corrected chi connectivity index (χ0v) is 11.2. The molecule has 1 amide bonds. The number of hydrogen-bond acceptors (Lipinski definition) is 3. The van der Waals surface area contributed by atoms with Crippen molar-refractivity contribution in [2.24, 2.45) is 5.92 Å². The lowest BCUT2D eigenvalue weighted by Gasteiger charge is -2.33. The Kier molecular flexibility index (Phi) is 3.57. The number of hydrogen-bond donors (Lipinski definition) is 1. The molecule has 1 N–H and O–H groups in total. The van der Waals surface area contributed by atoms with Crippen LogP contribution in [0, 0.1) is 5.92 Å². The van der Waals surface area contributed by atoms with E-state index in [0.717, 1.165) is 43.9 Å². The van der Waals surface area contributed by atoms with E-state index in [2.05, 4.69) is 17.4 Å². The molecule has 18 heavy (non-hydrogen) atoms. The summed E-state index contributed by atoms with van der Waals surface area (Å²) in [4.78, 5) is 15.8. The molecule has 0 atom stereocenters. The molecule has 0 spiro atoms. The van der Waals surface area contributed by atoms with Gasteiger partial charge in [0.15, 0.2) is 0 Å². The summed E-state index contributed by atoms with van der Waals surface area (Å²) < 4.78 is 0. The number of carbonyl (C=O) groups is 1. The summed E-state index contributed by atoms with van der Waals surface area (Å²) in [6, 6.07) is 8.25. The molecule has 96 valence electrons. The van der Waals surface area contributed by atoms with Crippen molar-refractivity contribution in [2.45, 2.75) is 17.7 Å². The third kappa shape index (κ3) is 2.27. The Hall–Kier alpha value is -1.00. The number of nitrogens with zero attached hydrogens (tertiary/aromatic N) is 1. The third-order valence-electron chi connectivity index (χ3n) is 3.68. The number of benzene rings is 1. The predicted octanol–water partition coefficient (Wildman–Crippen LogP) is 2.12. The summed E-state index contributed by atoms with van der Waals surface area (Å²) in [5.41, 5.74) is 1.11. The van der Waals surface area contributed by atoms with Gasteiger partial charge in [0.25, 0.3) is 0 Å². The second kappa shape index (κ2) is 5.33. The summed E-state index contributed by atoms with van der Waals surface area (Å²) in [6.07, 6.45) is 1.95. The van der Waals surface area contributed by atoms with Crippen molar-refractivity contribution in [3.63, 3.8) is 0 Å². The van der Waals surface area contributed by atoms with E-state index >= 15 is 0 Å². The highest BCUT2D eigenvalue weighted by atomic mass is 32.2. The van der Waals surface area contributed by atoms with Crippen molar-refractivity contribution < 1.29 is 4.79 Å². The molecule has 0 aromatic heterocycles. The van der Waals surface area contributed by atoms with E-state index in [1.165, 1.54) is 4.90 Å². The van der Waals surface area contributed by atoms with Gasteiger partial charge in [-0.05, 0) is 38.1 Å². The highest BCUT2D eigenvalue weighted by Crippen LogP contribution is 2.35. The predicted molar refractivity (Wildman–Crippen MR) is 75.1 cm³/mol. The van der Waals surface area contributed by atoms with Crippen molar-refractivity contribution in [2.75, 3.05) is 30.3 Å². The lowest BCUT2D eigenvalue weighted by Crippen LogP contribution is -2.43. The van der Waals surface area contributed by atoms with Crippen LogP contribution in [0.5, 0.6) is 0 Å². The smallest absolute Gasteiger partial charge is 0.230 e. The quantitative estimate of drug-likeness (QED) is 0.841. The maximum absolute atomic E-state index is 12.6. The first-order valence-corrected chi connectivity index (χ1v) is 7.59. The largest absolute Gasteiger partial charge is 0.317 e. The average Bonchev–Trinajstić information content (AvgIpc) is 2.47. The molecule has 1 aromatic carbocycles. The third-order valence-corrected chi connectivity index (χ3v) is 4.73. The monoisotopic (exact) mass is 262 g/mol. The first-order valence-electron chi connectivity index (χ1n) is 6.60. The van der Waals surface area contributed by atoms with Crippen LogP contribution in [0.25, 0.3) is 0 Å². The van der Waals surface area contributed by atoms with E-state index < -0.39 is 0 Å². The number of anilines is 1. The summed E-state index contributed by atoms with van der Waals surface area (Å²) in [5, 5.41) is 3.32. The minimum Gasteiger partial charge on any atom is -0.317 e. The van der Waals surface area contributed by atoms with Crippen molar-refractivity contribution in [3.8, 4) is 0 Å². The fourth-order valence-electron chi connectivity index (χ4n) is 2.69. The van der Waals surface area contributed by atoms with Gasteiger partial charge < -0.3 is 10.2 Å². The second-order valence-corrected chi connectivity index (χ2v) is 5.97. The Morgan fingerprint density at radius 2 is 2.06 bits per heavy atom. The number of carbonyl (C=O) groups excluding carboxylic acids is 1. The van der Waals surface area contributed by atoms with Crippen LogP contribution in [0.3, 0.4) is 0 Å². The molecule has 3 rings (SSSR count). The van der Waals surface area contributed by atoms with Gasteiger partial charge in [0.05, 0.1) is 5.69 Å². The zero-order valence-electron chi connectivity index (χ0n) is 10.4. The Morgan fingerprint density at radius 1 is 1.28 bits per heavy atom. The first-order chi connectivity index (χ1) is 8.86. The molecule has 1 saturated heterocycles. The molecule has 1 aromatic rings. The molecule has 0 aliphatic carbocycles. The van der Waals surface area contributed by atoms with Gasteiger partial charge in [-0.15, -0.1) is 11.8 Å². The Bertz CT molecular complexity index is 443. The topological polar surface area (TPSA) is 32.3 Å². The standard InChI is InChI=1S/C14H18N2OS/c17-14(11-5-7-15-8-6-11)16-9-10-18-13-4-2-1-3-12(13)16/h1-4,11,15H,5-10H2. The number of para-hydroxylation sites is 1. The van der Waals surface area contributed by atoms with Gasteiger partial charge in [0.1, 0.15) is 0 Å². The van der Waals surface area contributed by atoms with Crippen LogP contribution >= 0.6 is 11.8 Å². The molecule has 0 unspecified atom stereocenters. The fourth-order valence-corrected chi connectivity index (χ4v) is 3.68. The summed E-state index contributed by atoms with van der Waals surface area (Å²) in [6.45, 7) is 2.80. The van der Waals surface area contributed by atoms with Crippen LogP contribution < -0.4 is 10.2 Å². The van der Waals surface area contributed by atoms with Crippen molar-refractivity contribution >= 4 is 23.4 Å². The molecular formula is C14H18N2OS. The van der Waals surface area contributed by atoms with Crippen LogP contribution in [-0.2, 0) is 4.79 Å². The van der Waals surface area contributed by atoms with Gasteiger partial charge in [-0.2, -0.15) is 0 Å². The summed E-state index contributed by atoms with van der Waals surface area (Å²) in [7, 11) is 0. The van der Waals surface area contributed by atoms with Crippen molar-refractivity contribution in [1.29, 1.82) is 0 Å². The van der Waals surface area contributed by atoms with Gasteiger partial charge in [-0.3, -0.25) is 4.79 Å². The van der Waals surface area contributed by atoms with Crippen LogP contribution in [-0.4, -0.2) is 31.3 Å². The Labute approximate surface area is 112 Å². The Balaban J connectivity index is 1.82. The van der Waals surface area contributed by atoms with E-state index in [0.29, 0.717) is 5.91 Å². The average molecular weight is 262 g/mol. The number of piperidine rings is 1. The number of thioether (sulfide) groups is 1. The van der Waals surface area contributed by atoms with Crippen molar-refractivity contribution in [3.05, 3.63) is 24.3 Å². The second-order valence-electron chi connectivity index (χ2n) is 4.83. The fraction of sp³-hybridized carbons (Fsp3) is 0.500. The van der Waals surface area contributed by atoms with Crippen LogP contribution in [0.2, 0.25) is 0 Å². The van der Waals surface area contributed by atoms with E-state index in [1.807, 2.05) is 28.8 Å². The minimum atomic E-state index is 0.211. The van der Waals surface area contributed by atoms with Gasteiger partial charge in [0.2, 0.25) is 5.91 Å². The molecule has 4 heteroatoms. The normalized spacial score (nSPS) is 20.6. The van der Waals surface area contributed by atoms with Gasteiger partial charge in [-0.25, -0.2) is 0 Å². The molecule has 2 heterocycles. The SMILES string of the molecule is O=C(C1CCNCC1)N1CCSc2ccccc21. The minimum absolute atomic E-state index is 0.211. The number of fused-ring (bicyclic) bond motifs is 1. The van der Waals surface area contributed by atoms with E-state index in [9.17, 15) is 4.79 Å². The molecular weight excluding hydrogens is 244 g/mol. The van der Waals surface area contributed by atoms with Gasteiger partial charge in [0, 0.05) is 23.1 Å². The number of nitrogens with one attached hydrogen (secondary N) is 1. The van der Waals surface area contributed by atoms with Crippen LogP contribution in [0.1, 0.15) is 12.8 Å². The summed E-state index contributed by atoms with van der Waals surface area (Å²) >= 11 is 1.85. The Morgan fingerprint density at radius 3 is 2.89 bits per heavy atom.